The zero-order valence-electron chi connectivity index (χ0n) is 18.9. The van der Waals surface area contributed by atoms with Crippen LogP contribution in [-0.4, -0.2) is 34.9 Å². The monoisotopic (exact) mass is 527 g/mol. The molecule has 0 aliphatic carbocycles. The van der Waals surface area contributed by atoms with Gasteiger partial charge in [0.15, 0.2) is 0 Å². The minimum atomic E-state index is -0.433. The lowest BCUT2D eigenvalue weighted by Crippen LogP contribution is -1.96. The zero-order chi connectivity index (χ0) is 25.2. The van der Waals surface area contributed by atoms with E-state index in [1.54, 1.807) is 23.3 Å². The van der Waals surface area contributed by atoms with Crippen molar-refractivity contribution in [1.82, 2.24) is 34.9 Å². The van der Waals surface area contributed by atoms with Crippen molar-refractivity contribution in [2.24, 2.45) is 0 Å². The van der Waals surface area contributed by atoms with Crippen LogP contribution >= 0.6 is 23.4 Å². The van der Waals surface area contributed by atoms with Gasteiger partial charge in [-0.25, -0.2) is 14.1 Å². The van der Waals surface area contributed by atoms with E-state index in [0.29, 0.717) is 28.0 Å². The van der Waals surface area contributed by atoms with Crippen LogP contribution in [0.3, 0.4) is 0 Å². The Hall–Kier alpha value is -4.41. The number of pyridine rings is 1. The molecule has 37 heavy (non-hydrogen) atoms. The van der Waals surface area contributed by atoms with E-state index in [1.165, 1.54) is 24.2 Å². The summed E-state index contributed by atoms with van der Waals surface area (Å²) in [5.74, 6) is -0.124. The van der Waals surface area contributed by atoms with Crippen LogP contribution in [0.15, 0.2) is 106 Å². The molecule has 180 valence electrons. The molecule has 0 spiro atoms. The molecule has 0 saturated carbocycles. The molecule has 0 amide bonds. The van der Waals surface area contributed by atoms with Crippen LogP contribution in [0, 0.1) is 5.82 Å². The van der Waals surface area contributed by atoms with Crippen molar-refractivity contribution in [2.45, 2.75) is 9.79 Å². The minimum absolute atomic E-state index is 0.309. The average molecular weight is 528 g/mol. The van der Waals surface area contributed by atoms with Gasteiger partial charge in [-0.2, -0.15) is 5.10 Å². The van der Waals surface area contributed by atoms with Crippen LogP contribution in [0.2, 0.25) is 5.02 Å². The molecular formula is C26H15ClFN7OS. The van der Waals surface area contributed by atoms with Gasteiger partial charge >= 0.3 is 0 Å². The average Bonchev–Trinajstić information content (AvgIpc) is 3.61. The Morgan fingerprint density at radius 2 is 1.62 bits per heavy atom. The largest absolute Gasteiger partial charge is 0.422 e. The van der Waals surface area contributed by atoms with E-state index in [9.17, 15) is 4.39 Å². The molecule has 0 N–H and O–H groups in total. The summed E-state index contributed by atoms with van der Waals surface area (Å²) in [7, 11) is 0. The highest BCUT2D eigenvalue weighted by Crippen LogP contribution is 2.37. The van der Waals surface area contributed by atoms with Crippen LogP contribution < -0.4 is 0 Å². The molecule has 0 unspecified atom stereocenters. The lowest BCUT2D eigenvalue weighted by Gasteiger charge is -2.05. The highest BCUT2D eigenvalue weighted by Gasteiger charge is 2.15. The summed E-state index contributed by atoms with van der Waals surface area (Å²) in [5, 5.41) is 12.9. The highest BCUT2D eigenvalue weighted by molar-refractivity contribution is 7.99. The van der Waals surface area contributed by atoms with Crippen LogP contribution in [0.5, 0.6) is 0 Å². The van der Waals surface area contributed by atoms with Gasteiger partial charge in [-0.1, -0.05) is 47.6 Å². The van der Waals surface area contributed by atoms with Gasteiger partial charge in [0.1, 0.15) is 17.2 Å². The molecule has 8 nitrogen and oxygen atoms in total. The summed E-state index contributed by atoms with van der Waals surface area (Å²) in [4.78, 5) is 14.7. The Morgan fingerprint density at radius 1 is 0.865 bits per heavy atom. The molecule has 0 radical (unpaired) electrons. The van der Waals surface area contributed by atoms with E-state index in [4.69, 9.17) is 21.1 Å². The third-order valence-electron chi connectivity index (χ3n) is 5.36. The second-order valence-corrected chi connectivity index (χ2v) is 9.36. The Labute approximate surface area is 219 Å². The summed E-state index contributed by atoms with van der Waals surface area (Å²) in [5.41, 5.74) is 4.24. The fourth-order valence-electron chi connectivity index (χ4n) is 3.59. The molecule has 4 heterocycles. The topological polar surface area (TPSA) is 95.4 Å². The lowest BCUT2D eigenvalue weighted by molar-refractivity contribution is 0.566. The molecule has 6 rings (SSSR count). The second kappa shape index (κ2) is 9.92. The van der Waals surface area contributed by atoms with Crippen molar-refractivity contribution in [1.29, 1.82) is 0 Å². The number of rotatable bonds is 6. The summed E-state index contributed by atoms with van der Waals surface area (Å²) in [6.07, 6.45) is 9.08. The molecule has 0 aliphatic rings. The Balaban J connectivity index is 1.33. The van der Waals surface area contributed by atoms with E-state index in [-0.39, 0.29) is 0 Å². The van der Waals surface area contributed by atoms with E-state index in [2.05, 4.69) is 25.1 Å². The number of hydrogen-bond acceptors (Lipinski definition) is 8. The van der Waals surface area contributed by atoms with Crippen LogP contribution in [-0.2, 0) is 0 Å². The number of halogens is 2. The molecule has 0 saturated heterocycles. The van der Waals surface area contributed by atoms with Crippen molar-refractivity contribution in [2.75, 3.05) is 0 Å². The van der Waals surface area contributed by atoms with E-state index < -0.39 is 5.82 Å². The van der Waals surface area contributed by atoms with Gasteiger partial charge in [-0.05, 0) is 24.3 Å². The highest BCUT2D eigenvalue weighted by atomic mass is 35.5. The first-order valence-electron chi connectivity index (χ1n) is 11.0. The first kappa shape index (κ1) is 23.0. The van der Waals surface area contributed by atoms with E-state index in [0.717, 1.165) is 32.8 Å². The fourth-order valence-corrected chi connectivity index (χ4v) is 4.65. The van der Waals surface area contributed by atoms with Gasteiger partial charge in [0.05, 0.1) is 41.1 Å². The third-order valence-corrected chi connectivity index (χ3v) is 6.64. The van der Waals surface area contributed by atoms with Crippen LogP contribution in [0.4, 0.5) is 4.39 Å². The standard InChI is InChI=1S/C26H15ClFN7OS/c27-18-5-7-21(8-6-18)37-24-14-35(20-9-19(28)10-29-11-20)34-25(24)17-3-1-16(2-4-17)22-12-31-23(13-30-22)26-33-32-15-36-26/h1-15H. The predicted octanol–water partition coefficient (Wildman–Crippen LogP) is 6.39. The van der Waals surface area contributed by atoms with E-state index in [1.807, 2.05) is 54.7 Å². The predicted molar refractivity (Wildman–Crippen MR) is 137 cm³/mol. The molecule has 4 aromatic heterocycles. The van der Waals surface area contributed by atoms with Gasteiger partial charge in [0.2, 0.25) is 6.39 Å². The summed E-state index contributed by atoms with van der Waals surface area (Å²) >= 11 is 7.59. The van der Waals surface area contributed by atoms with Gasteiger partial charge in [-0.3, -0.25) is 9.97 Å². The first-order chi connectivity index (χ1) is 18.1. The van der Waals surface area contributed by atoms with Crippen molar-refractivity contribution < 1.29 is 8.81 Å². The second-order valence-electron chi connectivity index (χ2n) is 7.81. The van der Waals surface area contributed by atoms with Crippen molar-refractivity contribution in [3.05, 3.63) is 103 Å². The lowest BCUT2D eigenvalue weighted by atomic mass is 10.1. The molecule has 0 aliphatic heterocycles. The Kier molecular flexibility index (Phi) is 6.17. The maximum Gasteiger partial charge on any atom is 0.267 e. The molecule has 0 fully saturated rings. The minimum Gasteiger partial charge on any atom is -0.422 e. The molecule has 11 heteroatoms. The van der Waals surface area contributed by atoms with Crippen molar-refractivity contribution in [3.63, 3.8) is 0 Å². The molecule has 2 aromatic carbocycles. The number of aromatic nitrogens is 7. The van der Waals surface area contributed by atoms with Crippen molar-refractivity contribution >= 4 is 23.4 Å². The van der Waals surface area contributed by atoms with Gasteiger partial charge in [0.25, 0.3) is 5.89 Å². The van der Waals surface area contributed by atoms with E-state index >= 15 is 0 Å². The molecule has 6 aromatic rings. The van der Waals surface area contributed by atoms with Crippen LogP contribution in [0.25, 0.3) is 39.8 Å². The molecule has 0 bridgehead atoms. The fraction of sp³-hybridized carbons (Fsp3) is 0. The smallest absolute Gasteiger partial charge is 0.267 e. The van der Waals surface area contributed by atoms with Crippen LogP contribution in [0.1, 0.15) is 0 Å². The first-order valence-corrected chi connectivity index (χ1v) is 12.2. The maximum absolute atomic E-state index is 13.8. The third kappa shape index (κ3) is 4.97. The van der Waals surface area contributed by atoms with Crippen molar-refractivity contribution in [3.8, 4) is 39.8 Å². The maximum atomic E-state index is 13.8. The zero-order valence-corrected chi connectivity index (χ0v) is 20.4. The normalized spacial score (nSPS) is 11.1. The Bertz CT molecular complexity index is 1660. The van der Waals surface area contributed by atoms with Gasteiger partial charge in [-0.15, -0.1) is 10.2 Å². The number of benzene rings is 2. The van der Waals surface area contributed by atoms with Gasteiger partial charge < -0.3 is 4.42 Å². The SMILES string of the molecule is Fc1cncc(-n2cc(Sc3ccc(Cl)cc3)c(-c3ccc(-c4cnc(-c5nnco5)cn4)cc3)n2)c1. The number of nitrogens with zero attached hydrogens (tertiary/aromatic N) is 7. The quantitative estimate of drug-likeness (QED) is 0.246. The summed E-state index contributed by atoms with van der Waals surface area (Å²) in [6.45, 7) is 0. The summed E-state index contributed by atoms with van der Waals surface area (Å²) in [6, 6.07) is 16.8. The Morgan fingerprint density at radius 3 is 2.32 bits per heavy atom. The number of hydrogen-bond donors (Lipinski definition) is 0. The molecular weight excluding hydrogens is 513 g/mol. The molecule has 0 atom stereocenters. The van der Waals surface area contributed by atoms with Gasteiger partial charge in [0, 0.05) is 33.3 Å². The summed E-state index contributed by atoms with van der Waals surface area (Å²) < 4.78 is 20.6.